The van der Waals surface area contributed by atoms with E-state index < -0.39 is 6.10 Å². The molecule has 118 valence electrons. The van der Waals surface area contributed by atoms with Gasteiger partial charge in [0.1, 0.15) is 11.6 Å². The van der Waals surface area contributed by atoms with Gasteiger partial charge in [0, 0.05) is 18.2 Å². The van der Waals surface area contributed by atoms with Crippen LogP contribution >= 0.6 is 0 Å². The molecule has 4 heteroatoms. The van der Waals surface area contributed by atoms with Gasteiger partial charge in [-0.15, -0.1) is 0 Å². The minimum atomic E-state index is -0.770. The topological polar surface area (TPSA) is 32.3 Å². The van der Waals surface area contributed by atoms with Gasteiger partial charge in [-0.3, -0.25) is 0 Å². The van der Waals surface area contributed by atoms with Crippen molar-refractivity contribution < 1.29 is 13.9 Å². The lowest BCUT2D eigenvalue weighted by atomic mass is 9.95. The molecule has 0 aromatic heterocycles. The van der Waals surface area contributed by atoms with E-state index in [0.717, 1.165) is 0 Å². The Bertz CT molecular complexity index is 598. The molecule has 22 heavy (non-hydrogen) atoms. The van der Waals surface area contributed by atoms with E-state index in [1.165, 1.54) is 18.2 Å². The Labute approximate surface area is 129 Å². The summed E-state index contributed by atoms with van der Waals surface area (Å²) in [4.78, 5) is 0. The molecule has 0 fully saturated rings. The molecule has 2 unspecified atom stereocenters. The van der Waals surface area contributed by atoms with Crippen molar-refractivity contribution >= 4 is 0 Å². The zero-order chi connectivity index (χ0) is 16.1. The SMILES string of the molecule is CC(C)C(NCC(O)c1ccc(F)cc1)c1ccccc1F. The van der Waals surface area contributed by atoms with E-state index in [2.05, 4.69) is 5.32 Å². The predicted octanol–water partition coefficient (Wildman–Crippen LogP) is 3.99. The number of nitrogens with one attached hydrogen (secondary N) is 1. The zero-order valence-electron chi connectivity index (χ0n) is 12.8. The Balaban J connectivity index is 2.06. The van der Waals surface area contributed by atoms with Gasteiger partial charge in [-0.25, -0.2) is 8.78 Å². The van der Waals surface area contributed by atoms with Gasteiger partial charge in [0.25, 0.3) is 0 Å². The second-order valence-corrected chi connectivity index (χ2v) is 5.72. The number of hydrogen-bond acceptors (Lipinski definition) is 2. The van der Waals surface area contributed by atoms with Gasteiger partial charge in [0.15, 0.2) is 0 Å². The maximum Gasteiger partial charge on any atom is 0.127 e. The summed E-state index contributed by atoms with van der Waals surface area (Å²) in [5.74, 6) is -0.433. The molecule has 0 heterocycles. The summed E-state index contributed by atoms with van der Waals surface area (Å²) in [6, 6.07) is 12.2. The van der Waals surface area contributed by atoms with Crippen molar-refractivity contribution in [1.29, 1.82) is 0 Å². The fourth-order valence-corrected chi connectivity index (χ4v) is 2.47. The lowest BCUT2D eigenvalue weighted by Gasteiger charge is -2.25. The molecular formula is C18H21F2NO. The molecule has 0 spiro atoms. The van der Waals surface area contributed by atoms with Crippen molar-refractivity contribution in [2.45, 2.75) is 26.0 Å². The Morgan fingerprint density at radius 1 is 1.00 bits per heavy atom. The molecule has 2 rings (SSSR count). The quantitative estimate of drug-likeness (QED) is 0.846. The highest BCUT2D eigenvalue weighted by molar-refractivity contribution is 5.22. The summed E-state index contributed by atoms with van der Waals surface area (Å²) in [7, 11) is 0. The van der Waals surface area contributed by atoms with Crippen LogP contribution in [0.2, 0.25) is 0 Å². The predicted molar refractivity (Wildman–Crippen MR) is 83.3 cm³/mol. The molecule has 2 N–H and O–H groups in total. The first-order valence-corrected chi connectivity index (χ1v) is 7.40. The van der Waals surface area contributed by atoms with E-state index in [1.807, 2.05) is 13.8 Å². The van der Waals surface area contributed by atoms with Crippen LogP contribution in [0.1, 0.15) is 37.1 Å². The van der Waals surface area contributed by atoms with E-state index in [-0.39, 0.29) is 30.1 Å². The highest BCUT2D eigenvalue weighted by atomic mass is 19.1. The van der Waals surface area contributed by atoms with Gasteiger partial charge in [-0.05, 0) is 29.7 Å². The molecule has 0 aliphatic rings. The van der Waals surface area contributed by atoms with Crippen LogP contribution in [0.4, 0.5) is 8.78 Å². The summed E-state index contributed by atoms with van der Waals surface area (Å²) >= 11 is 0. The molecule has 2 aromatic rings. The first-order chi connectivity index (χ1) is 10.5. The first-order valence-electron chi connectivity index (χ1n) is 7.40. The molecule has 2 aromatic carbocycles. The Morgan fingerprint density at radius 2 is 1.64 bits per heavy atom. The minimum Gasteiger partial charge on any atom is -0.387 e. The molecule has 0 saturated heterocycles. The molecule has 0 radical (unpaired) electrons. The summed E-state index contributed by atoms with van der Waals surface area (Å²) in [5, 5.41) is 13.4. The molecule has 0 bridgehead atoms. The Hall–Kier alpha value is -1.78. The van der Waals surface area contributed by atoms with Crippen LogP contribution in [0.3, 0.4) is 0 Å². The monoisotopic (exact) mass is 305 g/mol. The Morgan fingerprint density at radius 3 is 2.23 bits per heavy atom. The maximum absolute atomic E-state index is 13.9. The largest absolute Gasteiger partial charge is 0.387 e. The molecule has 0 saturated carbocycles. The van der Waals surface area contributed by atoms with Crippen LogP contribution in [0.5, 0.6) is 0 Å². The number of benzene rings is 2. The Kier molecular flexibility index (Phi) is 5.63. The van der Waals surface area contributed by atoms with Crippen molar-refractivity contribution in [3.8, 4) is 0 Å². The molecule has 2 atom stereocenters. The zero-order valence-corrected chi connectivity index (χ0v) is 12.8. The van der Waals surface area contributed by atoms with Crippen LogP contribution in [-0.4, -0.2) is 11.7 Å². The minimum absolute atomic E-state index is 0.164. The number of aliphatic hydroxyl groups is 1. The lowest BCUT2D eigenvalue weighted by molar-refractivity contribution is 0.165. The second kappa shape index (κ2) is 7.47. The van der Waals surface area contributed by atoms with Gasteiger partial charge < -0.3 is 10.4 Å². The molecule has 0 aliphatic carbocycles. The molecular weight excluding hydrogens is 284 g/mol. The number of rotatable bonds is 6. The number of hydrogen-bond donors (Lipinski definition) is 2. The smallest absolute Gasteiger partial charge is 0.127 e. The van der Waals surface area contributed by atoms with Gasteiger partial charge in [0.05, 0.1) is 6.10 Å². The van der Waals surface area contributed by atoms with Crippen molar-refractivity contribution in [2.75, 3.05) is 6.54 Å². The van der Waals surface area contributed by atoms with Crippen molar-refractivity contribution in [1.82, 2.24) is 5.32 Å². The van der Waals surface area contributed by atoms with Crippen molar-refractivity contribution in [3.63, 3.8) is 0 Å². The van der Waals surface area contributed by atoms with Crippen LogP contribution in [0.25, 0.3) is 0 Å². The van der Waals surface area contributed by atoms with Crippen LogP contribution in [0, 0.1) is 17.6 Å². The van der Waals surface area contributed by atoms with Gasteiger partial charge in [0.2, 0.25) is 0 Å². The average Bonchev–Trinajstić information content (AvgIpc) is 2.49. The summed E-state index contributed by atoms with van der Waals surface area (Å²) < 4.78 is 26.8. The van der Waals surface area contributed by atoms with E-state index in [0.29, 0.717) is 11.1 Å². The summed E-state index contributed by atoms with van der Waals surface area (Å²) in [6.07, 6.45) is -0.770. The maximum atomic E-state index is 13.9. The van der Waals surface area contributed by atoms with Crippen molar-refractivity contribution in [3.05, 3.63) is 71.3 Å². The average molecular weight is 305 g/mol. The van der Waals surface area contributed by atoms with E-state index in [4.69, 9.17) is 0 Å². The van der Waals surface area contributed by atoms with E-state index >= 15 is 0 Å². The number of aliphatic hydroxyl groups excluding tert-OH is 1. The fraction of sp³-hybridized carbons (Fsp3) is 0.333. The number of halogens is 2. The molecule has 0 amide bonds. The second-order valence-electron chi connectivity index (χ2n) is 5.72. The normalized spacial score (nSPS) is 14.1. The third-order valence-electron chi connectivity index (χ3n) is 3.69. The molecule has 0 aliphatic heterocycles. The third kappa shape index (κ3) is 4.12. The van der Waals surface area contributed by atoms with Gasteiger partial charge in [-0.2, -0.15) is 0 Å². The van der Waals surface area contributed by atoms with Gasteiger partial charge >= 0.3 is 0 Å². The van der Waals surface area contributed by atoms with E-state index in [1.54, 1.807) is 30.3 Å². The van der Waals surface area contributed by atoms with Crippen LogP contribution in [0.15, 0.2) is 48.5 Å². The highest BCUT2D eigenvalue weighted by Crippen LogP contribution is 2.25. The lowest BCUT2D eigenvalue weighted by Crippen LogP contribution is -2.30. The standard InChI is InChI=1S/C18H21F2NO/c1-12(2)18(15-5-3-4-6-16(15)20)21-11-17(22)13-7-9-14(19)10-8-13/h3-10,12,17-18,21-22H,11H2,1-2H3. The highest BCUT2D eigenvalue weighted by Gasteiger charge is 2.20. The van der Waals surface area contributed by atoms with Crippen molar-refractivity contribution in [2.24, 2.45) is 5.92 Å². The summed E-state index contributed by atoms with van der Waals surface area (Å²) in [6.45, 7) is 4.26. The summed E-state index contributed by atoms with van der Waals surface area (Å²) in [5.41, 5.74) is 1.22. The fourth-order valence-electron chi connectivity index (χ4n) is 2.47. The van der Waals surface area contributed by atoms with Gasteiger partial charge in [-0.1, -0.05) is 44.2 Å². The van der Waals surface area contributed by atoms with E-state index in [9.17, 15) is 13.9 Å². The third-order valence-corrected chi connectivity index (χ3v) is 3.69. The molecule has 2 nitrogen and oxygen atoms in total. The first kappa shape index (κ1) is 16.6. The van der Waals surface area contributed by atoms with Crippen LogP contribution < -0.4 is 5.32 Å². The van der Waals surface area contributed by atoms with Crippen LogP contribution in [-0.2, 0) is 0 Å².